The normalized spacial score (nSPS) is 13.5. The van der Waals surface area contributed by atoms with Gasteiger partial charge in [-0.25, -0.2) is 0 Å². The summed E-state index contributed by atoms with van der Waals surface area (Å²) in [5, 5.41) is 0.938. The Morgan fingerprint density at radius 3 is 2.00 bits per heavy atom. The van der Waals surface area contributed by atoms with Gasteiger partial charge in [-0.3, -0.25) is 0 Å². The molecule has 8 heavy (non-hydrogen) atoms. The van der Waals surface area contributed by atoms with E-state index in [2.05, 4.69) is 22.9 Å². The molecule has 0 saturated carbocycles. The largest absolute Gasteiger partial charge is 0.0883 e. The van der Waals surface area contributed by atoms with Crippen molar-refractivity contribution in [1.82, 2.24) is 0 Å². The molecule has 0 fully saturated rings. The highest BCUT2D eigenvalue weighted by atomic mass is 79.9. The molecule has 0 aromatic rings. The second kappa shape index (κ2) is 4.39. The Morgan fingerprint density at radius 1 is 1.38 bits per heavy atom. The van der Waals surface area contributed by atoms with Crippen LogP contribution in [0.15, 0.2) is 9.51 Å². The van der Waals surface area contributed by atoms with E-state index in [1.807, 2.05) is 6.92 Å². The lowest BCUT2D eigenvalue weighted by Gasteiger charge is -1.94. The average Bonchev–Trinajstić information content (AvgIpc) is 1.84. The van der Waals surface area contributed by atoms with Gasteiger partial charge in [-0.2, -0.15) is 0 Å². The van der Waals surface area contributed by atoms with Crippen LogP contribution in [0.1, 0.15) is 26.7 Å². The Labute approximate surface area is 64.0 Å². The average molecular weight is 198 g/mol. The van der Waals surface area contributed by atoms with E-state index in [-0.39, 0.29) is 0 Å². The molecule has 48 valence electrons. The predicted octanol–water partition coefficient (Wildman–Crippen LogP) is 3.65. The monoisotopic (exact) mass is 196 g/mol. The van der Waals surface area contributed by atoms with Gasteiger partial charge in [-0.1, -0.05) is 41.4 Å². The highest BCUT2D eigenvalue weighted by Crippen LogP contribution is 2.20. The molecule has 0 heterocycles. The minimum absolute atomic E-state index is 0.927. The van der Waals surface area contributed by atoms with Gasteiger partial charge in [0.1, 0.15) is 0 Å². The van der Waals surface area contributed by atoms with Gasteiger partial charge >= 0.3 is 0 Å². The lowest BCUT2D eigenvalue weighted by Crippen LogP contribution is -1.71. The topological polar surface area (TPSA) is 0 Å². The number of rotatable bonds is 2. The lowest BCUT2D eigenvalue weighted by atomic mass is 10.3. The lowest BCUT2D eigenvalue weighted by molar-refractivity contribution is 1.12. The van der Waals surface area contributed by atoms with Gasteiger partial charge in [0.05, 0.1) is 0 Å². The van der Waals surface area contributed by atoms with Gasteiger partial charge < -0.3 is 0 Å². The molecule has 0 aliphatic rings. The second-order valence-electron chi connectivity index (χ2n) is 1.52. The van der Waals surface area contributed by atoms with Crippen LogP contribution in [0, 0.1) is 0 Å². The van der Waals surface area contributed by atoms with Gasteiger partial charge in [0.2, 0.25) is 0 Å². The minimum Gasteiger partial charge on any atom is -0.0883 e. The van der Waals surface area contributed by atoms with E-state index in [0.717, 1.165) is 22.4 Å². The summed E-state index contributed by atoms with van der Waals surface area (Å²) in [6.07, 6.45) is 1.92. The van der Waals surface area contributed by atoms with Crippen LogP contribution in [0.25, 0.3) is 0 Å². The molecule has 0 unspecified atom stereocenters. The minimum atomic E-state index is 0.927. The van der Waals surface area contributed by atoms with Crippen LogP contribution in [0.4, 0.5) is 0 Å². The fourth-order valence-electron chi connectivity index (χ4n) is 0.384. The Kier molecular flexibility index (Phi) is 4.68. The number of halogens is 2. The summed E-state index contributed by atoms with van der Waals surface area (Å²) in [7, 11) is 0. The van der Waals surface area contributed by atoms with Gasteiger partial charge in [0, 0.05) is 9.51 Å². The molecule has 0 radical (unpaired) electrons. The quantitative estimate of drug-likeness (QED) is 0.634. The van der Waals surface area contributed by atoms with Crippen molar-refractivity contribution in [3.63, 3.8) is 0 Å². The van der Waals surface area contributed by atoms with Crippen LogP contribution in [-0.2, 0) is 0 Å². The molecular formula is C6H10BrCl. The van der Waals surface area contributed by atoms with E-state index >= 15 is 0 Å². The first-order valence-corrected chi connectivity index (χ1v) is 3.92. The fraction of sp³-hybridized carbons (Fsp3) is 0.667. The Morgan fingerprint density at radius 2 is 1.88 bits per heavy atom. The van der Waals surface area contributed by atoms with E-state index in [0.29, 0.717) is 0 Å². The maximum absolute atomic E-state index is 5.75. The molecule has 0 bridgehead atoms. The van der Waals surface area contributed by atoms with Crippen molar-refractivity contribution in [2.45, 2.75) is 26.7 Å². The zero-order valence-electron chi connectivity index (χ0n) is 5.17. The predicted molar refractivity (Wildman–Crippen MR) is 42.4 cm³/mol. The summed E-state index contributed by atoms with van der Waals surface area (Å²) in [5.41, 5.74) is 0. The van der Waals surface area contributed by atoms with E-state index in [1.54, 1.807) is 0 Å². The number of hydrogen-bond donors (Lipinski definition) is 0. The standard InChI is InChI=1S/C6H10BrCl/c1-3-5(7)6(8)4-2/h3-4H2,1-2H3/b6-5-. The first-order chi connectivity index (χ1) is 3.72. The Bertz CT molecular complexity index is 84.7. The number of hydrogen-bond acceptors (Lipinski definition) is 0. The molecule has 2 heteroatoms. The molecule has 0 aromatic heterocycles. The van der Waals surface area contributed by atoms with Crippen molar-refractivity contribution in [3.05, 3.63) is 9.51 Å². The molecule has 0 aliphatic carbocycles. The van der Waals surface area contributed by atoms with Gasteiger partial charge in [0.15, 0.2) is 0 Å². The highest BCUT2D eigenvalue weighted by Gasteiger charge is 1.93. The van der Waals surface area contributed by atoms with Crippen molar-refractivity contribution in [3.8, 4) is 0 Å². The zero-order valence-corrected chi connectivity index (χ0v) is 7.51. The molecule has 0 atom stereocenters. The van der Waals surface area contributed by atoms with E-state index in [1.165, 1.54) is 0 Å². The van der Waals surface area contributed by atoms with Crippen LogP contribution >= 0.6 is 27.5 Å². The summed E-state index contributed by atoms with van der Waals surface area (Å²) < 4.78 is 1.13. The van der Waals surface area contributed by atoms with Gasteiger partial charge in [0.25, 0.3) is 0 Å². The van der Waals surface area contributed by atoms with E-state index in [9.17, 15) is 0 Å². The van der Waals surface area contributed by atoms with Gasteiger partial charge in [-0.05, 0) is 12.8 Å². The molecule has 0 rings (SSSR count). The van der Waals surface area contributed by atoms with Crippen molar-refractivity contribution in [1.29, 1.82) is 0 Å². The van der Waals surface area contributed by atoms with E-state index in [4.69, 9.17) is 11.6 Å². The highest BCUT2D eigenvalue weighted by molar-refractivity contribution is 9.11. The Balaban J connectivity index is 3.83. The zero-order chi connectivity index (χ0) is 6.57. The summed E-state index contributed by atoms with van der Waals surface area (Å²) in [6, 6.07) is 0. The van der Waals surface area contributed by atoms with Crippen molar-refractivity contribution in [2.24, 2.45) is 0 Å². The SMILES string of the molecule is CC/C(Cl)=C(/Br)CC. The third kappa shape index (κ3) is 2.73. The fourth-order valence-corrected chi connectivity index (χ4v) is 0.798. The summed E-state index contributed by atoms with van der Waals surface area (Å²) in [6.45, 7) is 4.11. The summed E-state index contributed by atoms with van der Waals surface area (Å²) >= 11 is 9.10. The number of allylic oxidation sites excluding steroid dienone is 2. The third-order valence-electron chi connectivity index (χ3n) is 0.915. The first kappa shape index (κ1) is 8.51. The Hall–Kier alpha value is 0.510. The molecule has 0 spiro atoms. The smallest absolute Gasteiger partial charge is 0.0279 e. The van der Waals surface area contributed by atoms with Crippen molar-refractivity contribution in [2.75, 3.05) is 0 Å². The molecule has 0 saturated heterocycles. The van der Waals surface area contributed by atoms with E-state index < -0.39 is 0 Å². The van der Waals surface area contributed by atoms with Crippen LogP contribution in [0.2, 0.25) is 0 Å². The molecule has 0 nitrogen and oxygen atoms in total. The third-order valence-corrected chi connectivity index (χ3v) is 2.68. The van der Waals surface area contributed by atoms with Crippen molar-refractivity contribution < 1.29 is 0 Å². The maximum atomic E-state index is 5.75. The van der Waals surface area contributed by atoms with Crippen LogP contribution in [0.5, 0.6) is 0 Å². The van der Waals surface area contributed by atoms with Gasteiger partial charge in [-0.15, -0.1) is 0 Å². The molecule has 0 N–H and O–H groups in total. The second-order valence-corrected chi connectivity index (χ2v) is 2.93. The first-order valence-electron chi connectivity index (χ1n) is 2.75. The van der Waals surface area contributed by atoms with Crippen molar-refractivity contribution >= 4 is 27.5 Å². The summed E-state index contributed by atoms with van der Waals surface area (Å²) in [4.78, 5) is 0. The maximum Gasteiger partial charge on any atom is 0.0279 e. The molecule has 0 aliphatic heterocycles. The van der Waals surface area contributed by atoms with Crippen LogP contribution in [-0.4, -0.2) is 0 Å². The molecule has 0 amide bonds. The van der Waals surface area contributed by atoms with Crippen LogP contribution < -0.4 is 0 Å². The summed E-state index contributed by atoms with van der Waals surface area (Å²) in [5.74, 6) is 0. The molecule has 0 aromatic carbocycles. The molecular weight excluding hydrogens is 187 g/mol. The van der Waals surface area contributed by atoms with Crippen LogP contribution in [0.3, 0.4) is 0 Å².